The molecule has 2 aliphatic rings. The van der Waals surface area contributed by atoms with Gasteiger partial charge in [-0.2, -0.15) is 0 Å². The third-order valence-electron chi connectivity index (χ3n) is 3.22. The van der Waals surface area contributed by atoms with Crippen molar-refractivity contribution in [1.29, 1.82) is 0 Å². The minimum Gasteiger partial charge on any atom is -0.494 e. The van der Waals surface area contributed by atoms with E-state index in [0.29, 0.717) is 26.1 Å². The lowest BCUT2D eigenvalue weighted by molar-refractivity contribution is -0.154. The summed E-state index contributed by atoms with van der Waals surface area (Å²) in [5.74, 6) is -1.16. The minimum atomic E-state index is -0.848. The van der Waals surface area contributed by atoms with Crippen LogP contribution in [-0.4, -0.2) is 36.7 Å². The van der Waals surface area contributed by atoms with Crippen molar-refractivity contribution in [2.45, 2.75) is 19.3 Å². The van der Waals surface area contributed by atoms with Crippen molar-refractivity contribution in [3.05, 3.63) is 12.0 Å². The zero-order valence-electron chi connectivity index (χ0n) is 9.40. The Hall–Kier alpha value is -1.72. The molecule has 1 aliphatic heterocycles. The molecule has 0 aromatic heterocycles. The number of amides is 1. The first kappa shape index (κ1) is 11.8. The predicted octanol–water partition coefficient (Wildman–Crippen LogP) is 0.246. The molecule has 17 heavy (non-hydrogen) atoms. The number of hydrogen-bond donors (Lipinski definition) is 2. The second kappa shape index (κ2) is 4.65. The second-order valence-corrected chi connectivity index (χ2v) is 4.32. The molecule has 2 N–H and O–H groups in total. The van der Waals surface area contributed by atoms with Crippen LogP contribution in [0.3, 0.4) is 0 Å². The highest BCUT2D eigenvalue weighted by atomic mass is 16.6. The quantitative estimate of drug-likeness (QED) is 0.736. The van der Waals surface area contributed by atoms with Gasteiger partial charge in [-0.15, -0.1) is 0 Å². The monoisotopic (exact) mass is 241 g/mol. The van der Waals surface area contributed by atoms with Crippen LogP contribution in [-0.2, 0) is 19.1 Å². The van der Waals surface area contributed by atoms with E-state index in [2.05, 4.69) is 5.32 Å². The average Bonchev–Trinajstić information content (AvgIpc) is 2.28. The Labute approximate surface area is 98.6 Å². The summed E-state index contributed by atoms with van der Waals surface area (Å²) in [6, 6.07) is 0. The average molecular weight is 241 g/mol. The molecule has 1 fully saturated rings. The van der Waals surface area contributed by atoms with Crippen LogP contribution in [0.15, 0.2) is 12.0 Å². The van der Waals surface area contributed by atoms with E-state index in [-0.39, 0.29) is 12.3 Å². The van der Waals surface area contributed by atoms with Gasteiger partial charge in [0.2, 0.25) is 5.76 Å². The molecule has 94 valence electrons. The molecule has 0 saturated heterocycles. The van der Waals surface area contributed by atoms with Crippen LogP contribution in [0.1, 0.15) is 19.3 Å². The van der Waals surface area contributed by atoms with Crippen LogP contribution in [0.2, 0.25) is 0 Å². The molecule has 6 nitrogen and oxygen atoms in total. The lowest BCUT2D eigenvalue weighted by atomic mass is 9.69. The summed E-state index contributed by atoms with van der Waals surface area (Å²) in [6.45, 7) is 0.904. The smallest absolute Gasteiger partial charge is 0.311 e. The van der Waals surface area contributed by atoms with Gasteiger partial charge >= 0.3 is 5.97 Å². The highest BCUT2D eigenvalue weighted by molar-refractivity contribution is 5.91. The molecule has 0 radical (unpaired) electrons. The van der Waals surface area contributed by atoms with E-state index < -0.39 is 17.3 Å². The number of carbonyl (C=O) groups excluding carboxylic acids is 1. The van der Waals surface area contributed by atoms with Crippen molar-refractivity contribution in [2.75, 3.05) is 19.8 Å². The number of ether oxygens (including phenoxy) is 2. The highest BCUT2D eigenvalue weighted by Crippen LogP contribution is 2.40. The van der Waals surface area contributed by atoms with Crippen molar-refractivity contribution in [3.8, 4) is 0 Å². The van der Waals surface area contributed by atoms with Gasteiger partial charge in [-0.1, -0.05) is 6.42 Å². The standard InChI is InChI=1S/C11H15NO5/c13-9(8-6-16-4-5-17-8)12-7-11(10(14)15)2-1-3-11/h6H,1-5,7H2,(H,12,13)(H,14,15). The number of aliphatic carboxylic acids is 1. The number of carbonyl (C=O) groups is 2. The summed E-state index contributed by atoms with van der Waals surface area (Å²) < 4.78 is 10.1. The number of hydrogen-bond acceptors (Lipinski definition) is 4. The van der Waals surface area contributed by atoms with E-state index in [4.69, 9.17) is 14.6 Å². The molecular formula is C11H15NO5. The van der Waals surface area contributed by atoms with E-state index in [1.807, 2.05) is 0 Å². The van der Waals surface area contributed by atoms with Gasteiger partial charge in [0.15, 0.2) is 0 Å². The van der Waals surface area contributed by atoms with Crippen molar-refractivity contribution in [2.24, 2.45) is 5.41 Å². The fourth-order valence-corrected chi connectivity index (χ4v) is 1.89. The largest absolute Gasteiger partial charge is 0.494 e. The van der Waals surface area contributed by atoms with Gasteiger partial charge in [-0.3, -0.25) is 9.59 Å². The van der Waals surface area contributed by atoms with Crippen LogP contribution in [0.25, 0.3) is 0 Å². The molecule has 1 amide bonds. The van der Waals surface area contributed by atoms with E-state index >= 15 is 0 Å². The molecular weight excluding hydrogens is 226 g/mol. The third-order valence-corrected chi connectivity index (χ3v) is 3.22. The maximum absolute atomic E-state index is 11.6. The van der Waals surface area contributed by atoms with Gasteiger partial charge in [-0.25, -0.2) is 0 Å². The highest BCUT2D eigenvalue weighted by Gasteiger charge is 2.44. The van der Waals surface area contributed by atoms with Crippen molar-refractivity contribution in [3.63, 3.8) is 0 Å². The van der Waals surface area contributed by atoms with Crippen molar-refractivity contribution in [1.82, 2.24) is 5.32 Å². The molecule has 2 rings (SSSR count). The number of carboxylic acids is 1. The fourth-order valence-electron chi connectivity index (χ4n) is 1.89. The van der Waals surface area contributed by atoms with Gasteiger partial charge in [-0.05, 0) is 12.8 Å². The SMILES string of the molecule is O=C(NCC1(C(=O)O)CCC1)C1=COCCO1. The zero-order valence-corrected chi connectivity index (χ0v) is 9.40. The van der Waals surface area contributed by atoms with Gasteiger partial charge in [0.1, 0.15) is 19.5 Å². The van der Waals surface area contributed by atoms with Gasteiger partial charge in [0.25, 0.3) is 5.91 Å². The number of carboxylic acid groups (broad SMARTS) is 1. The Kier molecular flexibility index (Phi) is 3.21. The van der Waals surface area contributed by atoms with Crippen molar-refractivity contribution < 1.29 is 24.2 Å². The Balaban J connectivity index is 1.87. The lowest BCUT2D eigenvalue weighted by Crippen LogP contribution is -2.48. The Bertz CT molecular complexity index is 359. The predicted molar refractivity (Wildman–Crippen MR) is 56.9 cm³/mol. The Morgan fingerprint density at radius 2 is 2.18 bits per heavy atom. The number of nitrogens with one attached hydrogen (secondary N) is 1. The molecule has 0 bridgehead atoms. The molecule has 6 heteroatoms. The molecule has 0 aromatic carbocycles. The van der Waals surface area contributed by atoms with Gasteiger partial charge in [0, 0.05) is 6.54 Å². The summed E-state index contributed by atoms with van der Waals surface area (Å²) in [5, 5.41) is 11.7. The topological polar surface area (TPSA) is 84.9 Å². The fraction of sp³-hybridized carbons (Fsp3) is 0.636. The zero-order chi connectivity index (χ0) is 12.3. The maximum atomic E-state index is 11.6. The summed E-state index contributed by atoms with van der Waals surface area (Å²) in [6.07, 6.45) is 3.37. The maximum Gasteiger partial charge on any atom is 0.311 e. The van der Waals surface area contributed by atoms with Crippen LogP contribution in [0, 0.1) is 5.41 Å². The van der Waals surface area contributed by atoms with E-state index in [1.54, 1.807) is 0 Å². The number of rotatable bonds is 4. The minimum absolute atomic E-state index is 0.108. The summed E-state index contributed by atoms with van der Waals surface area (Å²) in [5.41, 5.74) is -0.786. The summed E-state index contributed by atoms with van der Waals surface area (Å²) in [4.78, 5) is 22.7. The second-order valence-electron chi connectivity index (χ2n) is 4.32. The normalized spacial score (nSPS) is 21.3. The summed E-state index contributed by atoms with van der Waals surface area (Å²) >= 11 is 0. The lowest BCUT2D eigenvalue weighted by Gasteiger charge is -2.37. The Morgan fingerprint density at radius 1 is 1.41 bits per heavy atom. The van der Waals surface area contributed by atoms with E-state index in [1.165, 1.54) is 6.26 Å². The van der Waals surface area contributed by atoms with E-state index in [0.717, 1.165) is 6.42 Å². The Morgan fingerprint density at radius 3 is 2.65 bits per heavy atom. The van der Waals surface area contributed by atoms with Crippen LogP contribution >= 0.6 is 0 Å². The molecule has 1 heterocycles. The van der Waals surface area contributed by atoms with Crippen molar-refractivity contribution >= 4 is 11.9 Å². The first-order chi connectivity index (χ1) is 8.14. The summed E-state index contributed by atoms with van der Waals surface area (Å²) in [7, 11) is 0. The van der Waals surface area contributed by atoms with Gasteiger partial charge in [0.05, 0.1) is 5.41 Å². The van der Waals surface area contributed by atoms with Crippen LogP contribution in [0.5, 0.6) is 0 Å². The first-order valence-corrected chi connectivity index (χ1v) is 5.60. The van der Waals surface area contributed by atoms with Crippen LogP contribution in [0.4, 0.5) is 0 Å². The molecule has 1 saturated carbocycles. The molecule has 0 aromatic rings. The van der Waals surface area contributed by atoms with E-state index in [9.17, 15) is 9.59 Å². The molecule has 0 spiro atoms. The third kappa shape index (κ3) is 2.35. The molecule has 1 aliphatic carbocycles. The van der Waals surface area contributed by atoms with Crippen LogP contribution < -0.4 is 5.32 Å². The molecule has 0 unspecified atom stereocenters. The molecule has 0 atom stereocenters. The first-order valence-electron chi connectivity index (χ1n) is 5.60. The van der Waals surface area contributed by atoms with Gasteiger partial charge < -0.3 is 19.9 Å².